The van der Waals surface area contributed by atoms with E-state index in [0.29, 0.717) is 9.32 Å². The van der Waals surface area contributed by atoms with Gasteiger partial charge in [0.2, 0.25) is 5.91 Å². The monoisotopic (exact) mass is 337 g/mol. The molecule has 2 nitrogen and oxygen atoms in total. The molecule has 15 heavy (non-hydrogen) atoms. The van der Waals surface area contributed by atoms with Crippen molar-refractivity contribution in [2.24, 2.45) is 5.92 Å². The zero-order chi connectivity index (χ0) is 11.0. The van der Waals surface area contributed by atoms with Crippen molar-refractivity contribution in [3.8, 4) is 0 Å². The summed E-state index contributed by atoms with van der Waals surface area (Å²) in [4.78, 5) is 12.4. The SMILES string of the molecule is CC1CSc2cc(F)c(I)cc2NC1=O. The van der Waals surface area contributed by atoms with Crippen LogP contribution in [0.2, 0.25) is 0 Å². The van der Waals surface area contributed by atoms with Gasteiger partial charge in [0.15, 0.2) is 0 Å². The summed E-state index contributed by atoms with van der Waals surface area (Å²) >= 11 is 3.44. The van der Waals surface area contributed by atoms with Gasteiger partial charge in [-0.05, 0) is 34.7 Å². The van der Waals surface area contributed by atoms with Crippen molar-refractivity contribution < 1.29 is 9.18 Å². The van der Waals surface area contributed by atoms with E-state index in [1.807, 2.05) is 29.5 Å². The molecule has 0 saturated carbocycles. The Labute approximate surface area is 105 Å². The highest BCUT2D eigenvalue weighted by molar-refractivity contribution is 14.1. The van der Waals surface area contributed by atoms with Crippen LogP contribution in [-0.4, -0.2) is 11.7 Å². The Balaban J connectivity index is 2.43. The van der Waals surface area contributed by atoms with Gasteiger partial charge in [-0.25, -0.2) is 4.39 Å². The number of carbonyl (C=O) groups excluding carboxylic acids is 1. The van der Waals surface area contributed by atoms with Gasteiger partial charge in [0, 0.05) is 16.6 Å². The second-order valence-electron chi connectivity index (χ2n) is 3.46. The van der Waals surface area contributed by atoms with Crippen molar-refractivity contribution in [2.45, 2.75) is 11.8 Å². The minimum atomic E-state index is -0.231. The molecule has 0 fully saturated rings. The van der Waals surface area contributed by atoms with E-state index in [2.05, 4.69) is 5.32 Å². The molecule has 0 radical (unpaired) electrons. The minimum absolute atomic E-state index is 0.00339. The molecular weight excluding hydrogens is 328 g/mol. The van der Waals surface area contributed by atoms with E-state index in [-0.39, 0.29) is 17.6 Å². The molecule has 1 unspecified atom stereocenters. The topological polar surface area (TPSA) is 29.1 Å². The number of hydrogen-bond donors (Lipinski definition) is 1. The summed E-state index contributed by atoms with van der Waals surface area (Å²) in [6, 6.07) is 3.16. The Kier molecular flexibility index (Phi) is 3.20. The van der Waals surface area contributed by atoms with Crippen molar-refractivity contribution >= 4 is 45.9 Å². The van der Waals surface area contributed by atoms with Gasteiger partial charge in [-0.2, -0.15) is 0 Å². The fourth-order valence-electron chi connectivity index (χ4n) is 1.29. The number of rotatable bonds is 0. The molecule has 0 spiro atoms. The van der Waals surface area contributed by atoms with Gasteiger partial charge in [0.05, 0.1) is 9.26 Å². The number of benzene rings is 1. The summed E-state index contributed by atoms with van der Waals surface area (Å²) in [5.41, 5.74) is 0.722. The Morgan fingerprint density at radius 3 is 3.07 bits per heavy atom. The van der Waals surface area contributed by atoms with Gasteiger partial charge < -0.3 is 5.32 Å². The van der Waals surface area contributed by atoms with Crippen LogP contribution in [0.5, 0.6) is 0 Å². The molecular formula is C10H9FINOS. The fourth-order valence-corrected chi connectivity index (χ4v) is 2.79. The maximum Gasteiger partial charge on any atom is 0.228 e. The van der Waals surface area contributed by atoms with E-state index >= 15 is 0 Å². The molecule has 80 valence electrons. The molecule has 1 atom stereocenters. The molecule has 1 N–H and O–H groups in total. The van der Waals surface area contributed by atoms with Gasteiger partial charge in [-0.15, -0.1) is 11.8 Å². The summed E-state index contributed by atoms with van der Waals surface area (Å²) in [6.07, 6.45) is 0. The molecule has 1 aliphatic rings. The third kappa shape index (κ3) is 2.28. The van der Waals surface area contributed by atoms with E-state index in [9.17, 15) is 9.18 Å². The summed E-state index contributed by atoms with van der Waals surface area (Å²) in [7, 11) is 0. The van der Waals surface area contributed by atoms with Crippen LogP contribution in [0.4, 0.5) is 10.1 Å². The first kappa shape index (κ1) is 11.2. The van der Waals surface area contributed by atoms with E-state index in [1.165, 1.54) is 17.8 Å². The molecule has 1 aromatic carbocycles. The third-order valence-electron chi connectivity index (χ3n) is 2.22. The van der Waals surface area contributed by atoms with E-state index in [4.69, 9.17) is 0 Å². The number of anilines is 1. The highest BCUT2D eigenvalue weighted by atomic mass is 127. The van der Waals surface area contributed by atoms with Crippen LogP contribution in [0.3, 0.4) is 0 Å². The van der Waals surface area contributed by atoms with Gasteiger partial charge >= 0.3 is 0 Å². The van der Waals surface area contributed by atoms with Crippen LogP contribution in [0.15, 0.2) is 17.0 Å². The largest absolute Gasteiger partial charge is 0.325 e. The summed E-state index contributed by atoms with van der Waals surface area (Å²) < 4.78 is 13.8. The average Bonchev–Trinajstić information content (AvgIpc) is 2.31. The molecule has 1 aromatic rings. The van der Waals surface area contributed by atoms with Crippen molar-refractivity contribution in [2.75, 3.05) is 11.1 Å². The highest BCUT2D eigenvalue weighted by Gasteiger charge is 2.21. The number of halogens is 2. The second kappa shape index (κ2) is 4.29. The van der Waals surface area contributed by atoms with Gasteiger partial charge in [-0.3, -0.25) is 4.79 Å². The Morgan fingerprint density at radius 1 is 1.60 bits per heavy atom. The Bertz CT molecular complexity index is 424. The first-order valence-electron chi connectivity index (χ1n) is 4.50. The lowest BCUT2D eigenvalue weighted by molar-refractivity contribution is -0.118. The number of carbonyl (C=O) groups is 1. The van der Waals surface area contributed by atoms with E-state index in [1.54, 1.807) is 6.07 Å². The van der Waals surface area contributed by atoms with Crippen molar-refractivity contribution in [3.05, 3.63) is 21.5 Å². The van der Waals surface area contributed by atoms with Crippen LogP contribution < -0.4 is 5.32 Å². The lowest BCUT2D eigenvalue weighted by atomic mass is 10.2. The summed E-state index contributed by atoms with van der Waals surface area (Å²) in [5, 5.41) is 2.81. The second-order valence-corrected chi connectivity index (χ2v) is 5.69. The third-order valence-corrected chi connectivity index (χ3v) is 4.36. The number of fused-ring (bicyclic) bond motifs is 1. The van der Waals surface area contributed by atoms with Crippen molar-refractivity contribution in [3.63, 3.8) is 0 Å². The van der Waals surface area contributed by atoms with Crippen LogP contribution in [0.25, 0.3) is 0 Å². The lowest BCUT2D eigenvalue weighted by Gasteiger charge is -2.07. The molecule has 0 bridgehead atoms. The zero-order valence-corrected chi connectivity index (χ0v) is 11.0. The maximum atomic E-state index is 13.3. The number of amides is 1. The molecule has 0 aromatic heterocycles. The molecule has 0 aliphatic carbocycles. The maximum absolute atomic E-state index is 13.3. The van der Waals surface area contributed by atoms with Crippen LogP contribution in [0.1, 0.15) is 6.92 Å². The number of hydrogen-bond acceptors (Lipinski definition) is 2. The predicted octanol–water partition coefficient (Wildman–Crippen LogP) is 3.11. The van der Waals surface area contributed by atoms with Gasteiger partial charge in [0.1, 0.15) is 5.82 Å². The van der Waals surface area contributed by atoms with Crippen LogP contribution in [0, 0.1) is 15.3 Å². The van der Waals surface area contributed by atoms with Gasteiger partial charge in [-0.1, -0.05) is 6.92 Å². The quantitative estimate of drug-likeness (QED) is 0.737. The standard InChI is InChI=1S/C10H9FINOS/c1-5-4-15-9-2-6(11)7(12)3-8(9)13-10(5)14/h2-3,5H,4H2,1H3,(H,13,14). The number of nitrogens with one attached hydrogen (secondary N) is 1. The van der Waals surface area contributed by atoms with Crippen LogP contribution >= 0.6 is 34.4 Å². The molecule has 2 rings (SSSR count). The van der Waals surface area contributed by atoms with Crippen LogP contribution in [-0.2, 0) is 4.79 Å². The van der Waals surface area contributed by atoms with Gasteiger partial charge in [0.25, 0.3) is 0 Å². The molecule has 1 heterocycles. The Morgan fingerprint density at radius 2 is 2.33 bits per heavy atom. The summed E-state index contributed by atoms with van der Waals surface area (Å²) in [6.45, 7) is 1.87. The van der Waals surface area contributed by atoms with Crippen molar-refractivity contribution in [1.82, 2.24) is 0 Å². The summed E-state index contributed by atoms with van der Waals surface area (Å²) in [5.74, 6) is 0.427. The van der Waals surface area contributed by atoms with E-state index in [0.717, 1.165) is 10.6 Å². The first-order chi connectivity index (χ1) is 7.08. The molecule has 5 heteroatoms. The smallest absolute Gasteiger partial charge is 0.228 e. The minimum Gasteiger partial charge on any atom is -0.325 e. The predicted molar refractivity (Wildman–Crippen MR) is 67.6 cm³/mol. The van der Waals surface area contributed by atoms with E-state index < -0.39 is 0 Å². The normalized spacial score (nSPS) is 20.5. The van der Waals surface area contributed by atoms with Crippen molar-refractivity contribution in [1.29, 1.82) is 0 Å². The molecule has 1 amide bonds. The average molecular weight is 337 g/mol. The fraction of sp³-hybridized carbons (Fsp3) is 0.300. The highest BCUT2D eigenvalue weighted by Crippen LogP contribution is 2.34. The first-order valence-corrected chi connectivity index (χ1v) is 6.57. The lowest BCUT2D eigenvalue weighted by Crippen LogP contribution is -2.20. The molecule has 0 saturated heterocycles. The number of thioether (sulfide) groups is 1. The zero-order valence-electron chi connectivity index (χ0n) is 8.01. The Hall–Kier alpha value is -0.300. The molecule has 1 aliphatic heterocycles.